The van der Waals surface area contributed by atoms with Gasteiger partial charge >= 0.3 is 0 Å². The van der Waals surface area contributed by atoms with E-state index in [2.05, 4.69) is 41.2 Å². The maximum atomic E-state index is 16.0. The Morgan fingerprint density at radius 1 is 1.19 bits per heavy atom. The van der Waals surface area contributed by atoms with E-state index in [-0.39, 0.29) is 30.1 Å². The summed E-state index contributed by atoms with van der Waals surface area (Å²) in [4.78, 5) is 7.53. The first-order chi connectivity index (χ1) is 14.8. The van der Waals surface area contributed by atoms with Crippen LogP contribution in [0, 0.1) is 17.3 Å². The Kier molecular flexibility index (Phi) is 4.14. The third-order valence-electron chi connectivity index (χ3n) is 9.09. The van der Waals surface area contributed by atoms with Gasteiger partial charge in [0.15, 0.2) is 0 Å². The molecule has 0 amide bonds. The Balaban J connectivity index is 1.37. The zero-order valence-electron chi connectivity index (χ0n) is 18.1. The number of H-pyrrole nitrogens is 1. The molecule has 0 aliphatic heterocycles. The molecule has 2 fully saturated rings. The zero-order chi connectivity index (χ0) is 21.4. The molecule has 0 bridgehead atoms. The van der Waals surface area contributed by atoms with Crippen LogP contribution in [0.1, 0.15) is 63.9 Å². The summed E-state index contributed by atoms with van der Waals surface area (Å²) in [6.45, 7) is 2.27. The van der Waals surface area contributed by atoms with Gasteiger partial charge in [-0.3, -0.25) is 0 Å². The first kappa shape index (κ1) is 19.7. The van der Waals surface area contributed by atoms with Crippen molar-refractivity contribution in [1.29, 1.82) is 0 Å². The highest BCUT2D eigenvalue weighted by molar-refractivity contribution is 5.83. The SMILES string of the molecule is CC12CC=C3CC4(F)CC(O)CCC4CC[C@]3(O)C1CC=C2c1ccc2nc[nH]c2c1. The van der Waals surface area contributed by atoms with Gasteiger partial charge in [0.1, 0.15) is 5.67 Å². The maximum Gasteiger partial charge on any atom is 0.120 e. The standard InChI is InChI=1S/C26H31FN2O2/c1-24-10-8-18-13-25(27)14-19(30)4-3-17(25)9-11-26(18,31)23(24)7-5-20(24)16-2-6-21-22(12-16)29-15-28-21/h2,5-6,8,12,15,17,19,23,30-31H,3-4,7,9-11,13-14H2,1H3,(H,28,29)/t17?,19?,23?,24?,25?,26-/m1/s1. The van der Waals surface area contributed by atoms with E-state index in [1.165, 1.54) is 11.1 Å². The molecule has 5 unspecified atom stereocenters. The molecule has 4 nitrogen and oxygen atoms in total. The van der Waals surface area contributed by atoms with Crippen molar-refractivity contribution in [2.24, 2.45) is 17.3 Å². The first-order valence-electron chi connectivity index (χ1n) is 11.7. The van der Waals surface area contributed by atoms with Gasteiger partial charge in [0.25, 0.3) is 0 Å². The number of rotatable bonds is 1. The van der Waals surface area contributed by atoms with Gasteiger partial charge < -0.3 is 15.2 Å². The van der Waals surface area contributed by atoms with Crippen LogP contribution >= 0.6 is 0 Å². The molecule has 164 valence electrons. The number of aliphatic hydroxyl groups is 2. The third-order valence-corrected chi connectivity index (χ3v) is 9.09. The van der Waals surface area contributed by atoms with Crippen LogP contribution in [0.2, 0.25) is 0 Å². The fraction of sp³-hybridized carbons (Fsp3) is 0.577. The fourth-order valence-corrected chi connectivity index (χ4v) is 7.38. The van der Waals surface area contributed by atoms with Crippen LogP contribution in [0.25, 0.3) is 16.6 Å². The predicted molar refractivity (Wildman–Crippen MR) is 119 cm³/mol. The number of nitrogens with one attached hydrogen (secondary N) is 1. The highest BCUT2D eigenvalue weighted by Crippen LogP contribution is 2.63. The Hall–Kier alpha value is -1.98. The second-order valence-corrected chi connectivity index (χ2v) is 10.7. The Bertz CT molecular complexity index is 1110. The van der Waals surface area contributed by atoms with Crippen molar-refractivity contribution in [1.82, 2.24) is 9.97 Å². The van der Waals surface area contributed by atoms with Gasteiger partial charge in [-0.1, -0.05) is 25.1 Å². The van der Waals surface area contributed by atoms with Gasteiger partial charge in [0, 0.05) is 24.2 Å². The number of fused-ring (bicyclic) bond motifs is 5. The summed E-state index contributed by atoms with van der Waals surface area (Å²) in [5.74, 6) is -0.00422. The van der Waals surface area contributed by atoms with Crippen LogP contribution < -0.4 is 0 Å². The molecule has 1 aromatic carbocycles. The molecule has 1 aromatic heterocycles. The predicted octanol–water partition coefficient (Wildman–Crippen LogP) is 5.09. The van der Waals surface area contributed by atoms with Gasteiger partial charge in [0.05, 0.1) is 29.1 Å². The Labute approximate surface area is 182 Å². The second kappa shape index (κ2) is 6.52. The molecule has 31 heavy (non-hydrogen) atoms. The van der Waals surface area contributed by atoms with Gasteiger partial charge in [0.2, 0.25) is 0 Å². The quantitative estimate of drug-likeness (QED) is 0.561. The summed E-state index contributed by atoms with van der Waals surface area (Å²) >= 11 is 0. The Morgan fingerprint density at radius 3 is 2.94 bits per heavy atom. The molecule has 6 rings (SSSR count). The molecule has 4 aliphatic rings. The number of allylic oxidation sites excluding steroid dienone is 3. The monoisotopic (exact) mass is 422 g/mol. The lowest BCUT2D eigenvalue weighted by Gasteiger charge is -2.49. The minimum atomic E-state index is -1.39. The lowest BCUT2D eigenvalue weighted by Crippen LogP contribution is -2.49. The molecule has 0 radical (unpaired) electrons. The van der Waals surface area contributed by atoms with Crippen LogP contribution in [0.15, 0.2) is 42.3 Å². The van der Waals surface area contributed by atoms with E-state index in [4.69, 9.17) is 0 Å². The van der Waals surface area contributed by atoms with Crippen molar-refractivity contribution in [3.05, 3.63) is 47.8 Å². The van der Waals surface area contributed by atoms with Crippen molar-refractivity contribution < 1.29 is 14.6 Å². The molecule has 2 saturated carbocycles. The summed E-state index contributed by atoms with van der Waals surface area (Å²) in [6, 6.07) is 6.34. The van der Waals surface area contributed by atoms with Crippen molar-refractivity contribution in [2.45, 2.75) is 75.7 Å². The zero-order valence-corrected chi connectivity index (χ0v) is 18.1. The number of aromatic nitrogens is 2. The van der Waals surface area contributed by atoms with Crippen molar-refractivity contribution in [3.63, 3.8) is 0 Å². The van der Waals surface area contributed by atoms with Gasteiger partial charge in [-0.05, 0) is 73.3 Å². The van der Waals surface area contributed by atoms with Crippen LogP contribution in [0.5, 0.6) is 0 Å². The largest absolute Gasteiger partial charge is 0.393 e. The first-order valence-corrected chi connectivity index (χ1v) is 11.7. The molecule has 0 saturated heterocycles. The average Bonchev–Trinajstić information content (AvgIpc) is 3.31. The lowest BCUT2D eigenvalue weighted by atomic mass is 9.58. The van der Waals surface area contributed by atoms with Crippen LogP contribution in [-0.2, 0) is 0 Å². The number of alkyl halides is 1. The van der Waals surface area contributed by atoms with Crippen LogP contribution in [-0.4, -0.2) is 37.6 Å². The smallest absolute Gasteiger partial charge is 0.120 e. The summed E-state index contributed by atoms with van der Waals surface area (Å²) < 4.78 is 16.0. The topological polar surface area (TPSA) is 69.1 Å². The second-order valence-electron chi connectivity index (χ2n) is 10.7. The molecule has 4 aliphatic carbocycles. The van der Waals surface area contributed by atoms with E-state index in [0.717, 1.165) is 35.9 Å². The van der Waals surface area contributed by atoms with Crippen LogP contribution in [0.4, 0.5) is 4.39 Å². The summed E-state index contributed by atoms with van der Waals surface area (Å²) in [7, 11) is 0. The lowest BCUT2D eigenvalue weighted by molar-refractivity contribution is -0.0359. The fourth-order valence-electron chi connectivity index (χ4n) is 7.38. The Morgan fingerprint density at radius 2 is 2.06 bits per heavy atom. The minimum absolute atomic E-state index is 0.0566. The molecule has 0 spiro atoms. The number of hydrogen-bond acceptors (Lipinski definition) is 3. The summed E-state index contributed by atoms with van der Waals surface area (Å²) in [5, 5.41) is 22.2. The third kappa shape index (κ3) is 2.75. The minimum Gasteiger partial charge on any atom is -0.393 e. The van der Waals surface area contributed by atoms with Gasteiger partial charge in [-0.2, -0.15) is 0 Å². The number of nitrogens with zero attached hydrogens (tertiary/aromatic N) is 1. The number of benzene rings is 1. The molecule has 2 aromatic rings. The number of halogens is 1. The number of hydrogen-bond donors (Lipinski definition) is 3. The van der Waals surface area contributed by atoms with E-state index in [1.54, 1.807) is 6.33 Å². The molecule has 3 N–H and O–H groups in total. The van der Waals surface area contributed by atoms with Crippen molar-refractivity contribution in [3.8, 4) is 0 Å². The van der Waals surface area contributed by atoms with E-state index in [0.29, 0.717) is 19.3 Å². The van der Waals surface area contributed by atoms with E-state index < -0.39 is 17.4 Å². The highest BCUT2D eigenvalue weighted by atomic mass is 19.1. The average molecular weight is 423 g/mol. The van der Waals surface area contributed by atoms with Gasteiger partial charge in [-0.15, -0.1) is 0 Å². The van der Waals surface area contributed by atoms with E-state index in [9.17, 15) is 10.2 Å². The van der Waals surface area contributed by atoms with Crippen molar-refractivity contribution in [2.75, 3.05) is 0 Å². The summed E-state index contributed by atoms with van der Waals surface area (Å²) in [5.41, 5.74) is 2.78. The van der Waals surface area contributed by atoms with Crippen LogP contribution in [0.3, 0.4) is 0 Å². The van der Waals surface area contributed by atoms with E-state index in [1.807, 2.05) is 6.07 Å². The number of aliphatic hydroxyl groups excluding tert-OH is 1. The van der Waals surface area contributed by atoms with Gasteiger partial charge in [-0.25, -0.2) is 9.37 Å². The molecular formula is C26H31FN2O2. The highest BCUT2D eigenvalue weighted by Gasteiger charge is 2.59. The summed E-state index contributed by atoms with van der Waals surface area (Å²) in [6.07, 6.45) is 10.4. The maximum absolute atomic E-state index is 16.0. The number of aromatic amines is 1. The molecule has 6 atom stereocenters. The van der Waals surface area contributed by atoms with E-state index >= 15 is 4.39 Å². The number of imidazole rings is 1. The van der Waals surface area contributed by atoms with Crippen molar-refractivity contribution >= 4 is 16.6 Å². The molecular weight excluding hydrogens is 391 g/mol. The molecule has 1 heterocycles. The molecule has 5 heteroatoms. The normalized spacial score (nSPS) is 42.3.